The molecule has 0 bridgehead atoms. The Labute approximate surface area is 308 Å². The average Bonchev–Trinajstić information content (AvgIpc) is 3.94. The van der Waals surface area contributed by atoms with Crippen LogP contribution in [0.25, 0.3) is 10.9 Å². The lowest BCUT2D eigenvalue weighted by molar-refractivity contribution is -0.131. The van der Waals surface area contributed by atoms with Gasteiger partial charge in [0.1, 0.15) is 23.3 Å². The van der Waals surface area contributed by atoms with Crippen molar-refractivity contribution in [3.63, 3.8) is 0 Å². The van der Waals surface area contributed by atoms with E-state index in [0.717, 1.165) is 6.07 Å². The molecular weight excluding hydrogens is 713 g/mol. The largest absolute Gasteiger partial charge is 0.493 e. The lowest BCUT2D eigenvalue weighted by atomic mass is 10.0. The van der Waals surface area contributed by atoms with Gasteiger partial charge in [-0.25, -0.2) is 8.78 Å². The number of nitrogens with one attached hydrogen (secondary N) is 2. The molecule has 1 saturated carbocycles. The van der Waals surface area contributed by atoms with Gasteiger partial charge in [0.05, 0.1) is 32.4 Å². The number of methoxy groups -OCH3 is 1. The third-order valence-electron chi connectivity index (χ3n) is 8.39. The first-order valence-corrected chi connectivity index (χ1v) is 18.7. The van der Waals surface area contributed by atoms with Gasteiger partial charge in [0.25, 0.3) is 0 Å². The topological polar surface area (TPSA) is 155 Å². The Kier molecular flexibility index (Phi) is 12.7. The van der Waals surface area contributed by atoms with Gasteiger partial charge in [-0.05, 0) is 81.6 Å². The third-order valence-corrected chi connectivity index (χ3v) is 10.4. The lowest BCUT2D eigenvalue weighted by Gasteiger charge is -2.26. The van der Waals surface area contributed by atoms with Gasteiger partial charge in [-0.3, -0.25) is 23.9 Å². The molecule has 286 valence electrons. The van der Waals surface area contributed by atoms with E-state index in [1.54, 1.807) is 32.0 Å². The van der Waals surface area contributed by atoms with E-state index in [0.29, 0.717) is 47.4 Å². The molecule has 0 saturated heterocycles. The van der Waals surface area contributed by atoms with Crippen LogP contribution in [0.4, 0.5) is 20.2 Å². The summed E-state index contributed by atoms with van der Waals surface area (Å²) in [5.74, 6) is -1.74. The molecule has 2 N–H and O–H groups in total. The molecule has 3 amide bonds. The minimum absolute atomic E-state index is 0. The predicted octanol–water partition coefficient (Wildman–Crippen LogP) is 8.00. The molecule has 0 aliphatic heterocycles. The molecular formula is C37H45F2N4O9P. The number of hydrogen-bond acceptors (Lipinski definition) is 10. The number of ether oxygens (including phenoxy) is 3. The number of pyridine rings is 1. The van der Waals surface area contributed by atoms with E-state index in [9.17, 15) is 23.3 Å². The summed E-state index contributed by atoms with van der Waals surface area (Å²) >= 11 is 0. The third kappa shape index (κ3) is 9.66. The van der Waals surface area contributed by atoms with Crippen molar-refractivity contribution in [2.75, 3.05) is 50.4 Å². The summed E-state index contributed by atoms with van der Waals surface area (Å²) in [5, 5.41) is 5.75. The van der Waals surface area contributed by atoms with E-state index in [2.05, 4.69) is 15.6 Å². The zero-order chi connectivity index (χ0) is 38.2. The first-order chi connectivity index (χ1) is 25.4. The number of halogens is 2. The number of anilines is 2. The Bertz CT molecular complexity index is 2010. The van der Waals surface area contributed by atoms with Crippen LogP contribution in [0.15, 0.2) is 66.9 Å². The normalized spacial score (nSPS) is 13.2. The number of benzene rings is 3. The summed E-state index contributed by atoms with van der Waals surface area (Å²) in [4.78, 5) is 44.0. The lowest BCUT2D eigenvalue weighted by Crippen LogP contribution is -2.35. The Morgan fingerprint density at radius 1 is 0.887 bits per heavy atom. The van der Waals surface area contributed by atoms with E-state index in [1.165, 1.54) is 61.5 Å². The molecule has 1 aromatic heterocycles. The molecule has 13 nitrogen and oxygen atoms in total. The quantitative estimate of drug-likeness (QED) is 0.0580. The van der Waals surface area contributed by atoms with E-state index in [-0.39, 0.29) is 58.6 Å². The average molecular weight is 759 g/mol. The summed E-state index contributed by atoms with van der Waals surface area (Å²) in [6, 6.07) is 14.0. The van der Waals surface area contributed by atoms with E-state index < -0.39 is 36.5 Å². The van der Waals surface area contributed by atoms with Crippen molar-refractivity contribution < 1.29 is 53.8 Å². The monoisotopic (exact) mass is 758 g/mol. The first kappa shape index (κ1) is 39.1. The van der Waals surface area contributed by atoms with Crippen LogP contribution in [-0.2, 0) is 28.0 Å². The molecule has 1 aliphatic rings. The number of carbonyl (C=O) groups is 3. The van der Waals surface area contributed by atoms with Gasteiger partial charge in [0.15, 0.2) is 23.1 Å². The summed E-state index contributed by atoms with van der Waals surface area (Å²) in [6.45, 7) is 5.57. The molecule has 16 heteroatoms. The van der Waals surface area contributed by atoms with Crippen LogP contribution in [0, 0.1) is 17.0 Å². The molecule has 1 aliphatic carbocycles. The van der Waals surface area contributed by atoms with Gasteiger partial charge in [0, 0.05) is 51.4 Å². The van der Waals surface area contributed by atoms with Crippen molar-refractivity contribution in [2.24, 2.45) is 5.41 Å². The zero-order valence-electron chi connectivity index (χ0n) is 29.8. The highest BCUT2D eigenvalue weighted by Gasteiger charge is 2.56. The second-order valence-electron chi connectivity index (χ2n) is 12.1. The Balaban J connectivity index is 0.00000406. The number of nitrogens with zero attached hydrogens (tertiary/aromatic N) is 2. The number of fused-ring (bicyclic) bond motifs is 1. The molecule has 1 fully saturated rings. The summed E-state index contributed by atoms with van der Waals surface area (Å²) in [6.07, 6.45) is 2.34. The maximum Gasteiger partial charge on any atom is 0.349 e. The molecule has 5 rings (SSSR count). The van der Waals surface area contributed by atoms with Gasteiger partial charge in [-0.15, -0.1) is 0 Å². The molecule has 1 heterocycles. The van der Waals surface area contributed by atoms with Crippen LogP contribution in [-0.4, -0.2) is 67.4 Å². The summed E-state index contributed by atoms with van der Waals surface area (Å²) < 4.78 is 69.7. The molecule has 53 heavy (non-hydrogen) atoms. The highest BCUT2D eigenvalue weighted by Crippen LogP contribution is 2.49. The van der Waals surface area contributed by atoms with Crippen LogP contribution in [0.2, 0.25) is 0 Å². The van der Waals surface area contributed by atoms with Crippen molar-refractivity contribution in [2.45, 2.75) is 40.0 Å². The van der Waals surface area contributed by atoms with Crippen LogP contribution in [0.5, 0.6) is 23.0 Å². The van der Waals surface area contributed by atoms with Gasteiger partial charge in [-0.2, -0.15) is 0 Å². The Morgan fingerprint density at radius 3 is 2.15 bits per heavy atom. The molecule has 0 unspecified atom stereocenters. The molecule has 4 aromatic rings. The standard InChI is InChI=1S/C37H41F2N4O9P.2H2/c1-5-50-53(47,51-6-2)23-43(24(3)44)18-7-19-49-34-22-30-28(21-33(34)48-4)31(14-17-40-30)52-32-13-12-27(20-29(32)39)42-36(46)37(15-16-37)35(45)41-26-10-8-25(38)9-11-26;;/h8-14,17,20-22H,5-7,15-16,18-19,23H2,1-4H3,(H,41,45)(H,42,46);2*1H. The van der Waals surface area contributed by atoms with Gasteiger partial charge in [0.2, 0.25) is 17.7 Å². The second-order valence-corrected chi connectivity index (χ2v) is 14.2. The minimum Gasteiger partial charge on any atom is -0.493 e. The second kappa shape index (κ2) is 17.1. The molecule has 0 atom stereocenters. The number of hydrogen-bond donors (Lipinski definition) is 2. The van der Waals surface area contributed by atoms with Crippen LogP contribution < -0.4 is 24.8 Å². The van der Waals surface area contributed by atoms with Gasteiger partial charge in [-0.1, -0.05) is 0 Å². The van der Waals surface area contributed by atoms with Crippen molar-refractivity contribution in [1.82, 2.24) is 9.88 Å². The maximum atomic E-state index is 15.3. The smallest absolute Gasteiger partial charge is 0.349 e. The van der Waals surface area contributed by atoms with Crippen molar-refractivity contribution in [3.05, 3.63) is 78.5 Å². The highest BCUT2D eigenvalue weighted by atomic mass is 31.2. The first-order valence-electron chi connectivity index (χ1n) is 17.0. The number of rotatable bonds is 18. The summed E-state index contributed by atoms with van der Waals surface area (Å²) in [7, 11) is -2.01. The Morgan fingerprint density at radius 2 is 1.55 bits per heavy atom. The fraction of sp³-hybridized carbons (Fsp3) is 0.351. The number of aromatic nitrogens is 1. The van der Waals surface area contributed by atoms with Crippen molar-refractivity contribution in [1.29, 1.82) is 0 Å². The molecule has 0 radical (unpaired) electrons. The Hall–Kier alpha value is -5.11. The van der Waals surface area contributed by atoms with Crippen LogP contribution in [0.1, 0.15) is 42.9 Å². The van der Waals surface area contributed by atoms with E-state index in [1.807, 2.05) is 0 Å². The SMILES string of the molecule is CCOP(=O)(CN(CCCOc1cc2nccc(Oc3ccc(NC(=O)C4(C(=O)Nc5ccc(F)cc5)CC4)cc3F)c2cc1OC)C(C)=O)OCC.[HH].[HH]. The van der Waals surface area contributed by atoms with Crippen LogP contribution >= 0.6 is 7.60 Å². The number of carbonyl (C=O) groups excluding carboxylic acids is 3. The van der Waals surface area contributed by atoms with Crippen molar-refractivity contribution >= 4 is 47.6 Å². The fourth-order valence-corrected chi connectivity index (χ4v) is 7.26. The minimum atomic E-state index is -3.47. The number of amides is 3. The highest BCUT2D eigenvalue weighted by molar-refractivity contribution is 7.53. The predicted molar refractivity (Wildman–Crippen MR) is 198 cm³/mol. The summed E-state index contributed by atoms with van der Waals surface area (Å²) in [5.41, 5.74) is -0.359. The molecule has 0 spiro atoms. The van der Waals surface area contributed by atoms with E-state index in [4.69, 9.17) is 23.3 Å². The zero-order valence-corrected chi connectivity index (χ0v) is 30.7. The van der Waals surface area contributed by atoms with Crippen LogP contribution in [0.3, 0.4) is 0 Å². The van der Waals surface area contributed by atoms with E-state index >= 15 is 4.39 Å². The maximum absolute atomic E-state index is 15.3. The van der Waals surface area contributed by atoms with Crippen molar-refractivity contribution in [3.8, 4) is 23.0 Å². The fourth-order valence-electron chi connectivity index (χ4n) is 5.47. The van der Waals surface area contributed by atoms with Gasteiger partial charge < -0.3 is 38.8 Å². The molecule has 3 aromatic carbocycles. The van der Waals surface area contributed by atoms with Gasteiger partial charge >= 0.3 is 7.60 Å².